The van der Waals surface area contributed by atoms with Gasteiger partial charge in [0, 0.05) is 42.8 Å². The van der Waals surface area contributed by atoms with Gasteiger partial charge in [-0.05, 0) is 36.9 Å². The minimum atomic E-state index is -3.45. The van der Waals surface area contributed by atoms with E-state index in [-0.39, 0.29) is 5.41 Å². The largest absolute Gasteiger partial charge is 0.316 e. The molecule has 1 N–H and O–H groups in total. The second-order valence-electron chi connectivity index (χ2n) is 6.37. The molecule has 1 aromatic heterocycles. The molecule has 1 aromatic carbocycles. The molecular weight excluding hydrogens is 298 g/mol. The van der Waals surface area contributed by atoms with Crippen molar-refractivity contribution in [1.29, 1.82) is 0 Å². The van der Waals surface area contributed by atoms with Crippen LogP contribution in [0.1, 0.15) is 12.8 Å². The molecule has 3 heterocycles. The highest BCUT2D eigenvalue weighted by Gasteiger charge is 2.44. The second-order valence-corrected chi connectivity index (χ2v) is 8.27. The van der Waals surface area contributed by atoms with Crippen LogP contribution in [0.2, 0.25) is 0 Å². The molecule has 116 valence electrons. The molecule has 0 bridgehead atoms. The fourth-order valence-corrected chi connectivity index (χ4v) is 5.47. The van der Waals surface area contributed by atoms with Crippen LogP contribution in [-0.2, 0) is 10.0 Å². The van der Waals surface area contributed by atoms with Crippen molar-refractivity contribution in [1.82, 2.24) is 14.6 Å². The van der Waals surface area contributed by atoms with Crippen molar-refractivity contribution >= 4 is 20.8 Å². The first kappa shape index (κ1) is 14.1. The third-order valence-electron chi connectivity index (χ3n) is 4.99. The van der Waals surface area contributed by atoms with E-state index < -0.39 is 10.0 Å². The summed E-state index contributed by atoms with van der Waals surface area (Å²) in [5.41, 5.74) is 0.138. The number of hydrogen-bond acceptors (Lipinski definition) is 4. The smallest absolute Gasteiger partial charge is 0.243 e. The first-order valence-corrected chi connectivity index (χ1v) is 9.08. The van der Waals surface area contributed by atoms with E-state index in [1.165, 1.54) is 0 Å². The fraction of sp³-hybridized carbons (Fsp3) is 0.438. The van der Waals surface area contributed by atoms with Gasteiger partial charge in [-0.1, -0.05) is 12.1 Å². The Bertz CT molecular complexity index is 808. The lowest BCUT2D eigenvalue weighted by molar-refractivity contribution is 0.338. The average Bonchev–Trinajstić information content (AvgIpc) is 3.17. The number of sulfonamides is 1. The maximum atomic E-state index is 13.1. The summed E-state index contributed by atoms with van der Waals surface area (Å²) in [6.07, 6.45) is 5.37. The predicted octanol–water partition coefficient (Wildman–Crippen LogP) is 1.61. The minimum absolute atomic E-state index is 0.138. The Morgan fingerprint density at radius 2 is 2.14 bits per heavy atom. The summed E-state index contributed by atoms with van der Waals surface area (Å²) in [4.78, 5) is 4.47. The number of nitrogens with zero attached hydrogens (tertiary/aromatic N) is 2. The molecule has 0 aliphatic carbocycles. The van der Waals surface area contributed by atoms with Gasteiger partial charge >= 0.3 is 0 Å². The lowest BCUT2D eigenvalue weighted by Gasteiger charge is -2.23. The summed E-state index contributed by atoms with van der Waals surface area (Å²) in [5.74, 6) is 0. The number of benzene rings is 1. The van der Waals surface area contributed by atoms with E-state index in [2.05, 4.69) is 10.3 Å². The van der Waals surface area contributed by atoms with Crippen molar-refractivity contribution in [2.75, 3.05) is 26.2 Å². The van der Waals surface area contributed by atoms with Crippen LogP contribution in [-0.4, -0.2) is 43.9 Å². The van der Waals surface area contributed by atoms with Crippen LogP contribution in [0.5, 0.6) is 0 Å². The Balaban J connectivity index is 1.74. The monoisotopic (exact) mass is 317 g/mol. The van der Waals surface area contributed by atoms with Crippen LogP contribution in [0.15, 0.2) is 41.6 Å². The van der Waals surface area contributed by atoms with Crippen LogP contribution < -0.4 is 5.32 Å². The normalized spacial score (nSPS) is 26.2. The fourth-order valence-electron chi connectivity index (χ4n) is 3.70. The maximum Gasteiger partial charge on any atom is 0.243 e. The van der Waals surface area contributed by atoms with Gasteiger partial charge in [0.05, 0.1) is 4.90 Å². The van der Waals surface area contributed by atoms with Crippen molar-refractivity contribution in [3.63, 3.8) is 0 Å². The number of rotatable bonds is 2. The van der Waals surface area contributed by atoms with E-state index in [9.17, 15) is 8.42 Å². The summed E-state index contributed by atoms with van der Waals surface area (Å²) in [6.45, 7) is 3.17. The molecule has 2 saturated heterocycles. The molecule has 2 fully saturated rings. The van der Waals surface area contributed by atoms with E-state index in [1.54, 1.807) is 34.9 Å². The maximum absolute atomic E-state index is 13.1. The number of fused-ring (bicyclic) bond motifs is 1. The molecule has 0 radical (unpaired) electrons. The SMILES string of the molecule is O=S(=O)(c1cccc2cnccc12)N1CCC2(CCNC2)C1. The van der Waals surface area contributed by atoms with E-state index >= 15 is 0 Å². The Kier molecular flexibility index (Phi) is 3.21. The highest BCUT2D eigenvalue weighted by molar-refractivity contribution is 7.89. The summed E-state index contributed by atoms with van der Waals surface area (Å²) in [6, 6.07) is 7.17. The summed E-state index contributed by atoms with van der Waals surface area (Å²) >= 11 is 0. The third kappa shape index (κ3) is 2.14. The first-order valence-electron chi connectivity index (χ1n) is 7.64. The molecule has 0 saturated carbocycles. The average molecular weight is 317 g/mol. The standard InChI is InChI=1S/C16H19N3O2S/c20-22(21,19-9-6-16(12-19)5-8-18-11-16)15-3-1-2-13-10-17-7-4-14(13)15/h1-4,7,10,18H,5-6,8-9,11-12H2. The van der Waals surface area contributed by atoms with E-state index in [0.29, 0.717) is 18.0 Å². The van der Waals surface area contributed by atoms with Crippen molar-refractivity contribution in [2.45, 2.75) is 17.7 Å². The van der Waals surface area contributed by atoms with E-state index in [4.69, 9.17) is 0 Å². The van der Waals surface area contributed by atoms with Gasteiger partial charge in [-0.3, -0.25) is 4.98 Å². The molecular formula is C16H19N3O2S. The molecule has 2 aliphatic rings. The molecule has 1 spiro atoms. The van der Waals surface area contributed by atoms with Gasteiger partial charge in [0.25, 0.3) is 0 Å². The molecule has 4 rings (SSSR count). The molecule has 1 unspecified atom stereocenters. The highest BCUT2D eigenvalue weighted by Crippen LogP contribution is 2.39. The van der Waals surface area contributed by atoms with Crippen molar-refractivity contribution in [3.05, 3.63) is 36.7 Å². The van der Waals surface area contributed by atoms with Crippen LogP contribution in [0.3, 0.4) is 0 Å². The first-order chi connectivity index (χ1) is 10.6. The Hall–Kier alpha value is -1.50. The summed E-state index contributed by atoms with van der Waals surface area (Å²) in [5, 5.41) is 4.98. The molecule has 5 nitrogen and oxygen atoms in total. The Morgan fingerprint density at radius 3 is 2.95 bits per heavy atom. The third-order valence-corrected chi connectivity index (χ3v) is 6.90. The lowest BCUT2D eigenvalue weighted by Crippen LogP contribution is -2.33. The molecule has 2 aliphatic heterocycles. The zero-order valence-corrected chi connectivity index (χ0v) is 13.1. The quantitative estimate of drug-likeness (QED) is 0.914. The number of nitrogens with one attached hydrogen (secondary N) is 1. The van der Waals surface area contributed by atoms with Gasteiger partial charge in [-0.15, -0.1) is 0 Å². The van der Waals surface area contributed by atoms with Gasteiger partial charge in [0.1, 0.15) is 0 Å². The van der Waals surface area contributed by atoms with E-state index in [0.717, 1.165) is 36.7 Å². The molecule has 1 atom stereocenters. The van der Waals surface area contributed by atoms with E-state index in [1.807, 2.05) is 6.07 Å². The van der Waals surface area contributed by atoms with Gasteiger partial charge in [-0.2, -0.15) is 4.31 Å². The predicted molar refractivity (Wildman–Crippen MR) is 85.0 cm³/mol. The zero-order chi connectivity index (χ0) is 15.2. The summed E-state index contributed by atoms with van der Waals surface area (Å²) < 4.78 is 27.8. The topological polar surface area (TPSA) is 62.3 Å². The van der Waals surface area contributed by atoms with Gasteiger partial charge in [0.2, 0.25) is 10.0 Å². The molecule has 22 heavy (non-hydrogen) atoms. The second kappa shape index (κ2) is 5.01. The molecule has 6 heteroatoms. The Morgan fingerprint density at radius 1 is 1.23 bits per heavy atom. The molecule has 2 aromatic rings. The van der Waals surface area contributed by atoms with Crippen LogP contribution >= 0.6 is 0 Å². The van der Waals surface area contributed by atoms with Gasteiger partial charge < -0.3 is 5.32 Å². The van der Waals surface area contributed by atoms with Gasteiger partial charge in [-0.25, -0.2) is 8.42 Å². The van der Waals surface area contributed by atoms with Crippen molar-refractivity contribution in [2.24, 2.45) is 5.41 Å². The Labute approximate surface area is 130 Å². The van der Waals surface area contributed by atoms with Gasteiger partial charge in [0.15, 0.2) is 0 Å². The van der Waals surface area contributed by atoms with Crippen molar-refractivity contribution in [3.8, 4) is 0 Å². The van der Waals surface area contributed by atoms with Crippen LogP contribution in [0, 0.1) is 5.41 Å². The van der Waals surface area contributed by atoms with Crippen LogP contribution in [0.4, 0.5) is 0 Å². The highest BCUT2D eigenvalue weighted by atomic mass is 32.2. The summed E-state index contributed by atoms with van der Waals surface area (Å²) in [7, 11) is -3.45. The van der Waals surface area contributed by atoms with Crippen LogP contribution in [0.25, 0.3) is 10.8 Å². The zero-order valence-electron chi connectivity index (χ0n) is 12.3. The molecule has 0 amide bonds. The number of aromatic nitrogens is 1. The minimum Gasteiger partial charge on any atom is -0.316 e. The number of pyridine rings is 1. The lowest BCUT2D eigenvalue weighted by atomic mass is 9.87. The van der Waals surface area contributed by atoms with Crippen molar-refractivity contribution < 1.29 is 8.42 Å². The number of hydrogen-bond donors (Lipinski definition) is 1.